The van der Waals surface area contributed by atoms with Crippen LogP contribution in [-0.2, 0) is 6.54 Å². The molecular weight excluding hydrogens is 291 g/mol. The molecule has 1 fully saturated rings. The molecule has 1 heterocycles. The molecule has 118 valence electrons. The first-order valence-corrected chi connectivity index (χ1v) is 7.48. The van der Waals surface area contributed by atoms with Gasteiger partial charge < -0.3 is 5.32 Å². The van der Waals surface area contributed by atoms with Crippen LogP contribution in [0.4, 0.5) is 13.2 Å². The lowest BCUT2D eigenvalue weighted by Crippen LogP contribution is -2.25. The highest BCUT2D eigenvalue weighted by Gasteiger charge is 2.15. The lowest BCUT2D eigenvalue weighted by Gasteiger charge is -2.12. The fourth-order valence-electron chi connectivity index (χ4n) is 2.88. The Bertz CT molecular complexity index is 633. The highest BCUT2D eigenvalue weighted by Crippen LogP contribution is 2.25. The number of rotatable bonds is 5. The van der Waals surface area contributed by atoms with E-state index >= 15 is 0 Å². The number of nitrogens with one attached hydrogen (secondary N) is 1. The summed E-state index contributed by atoms with van der Waals surface area (Å²) in [4.78, 5) is 0. The summed E-state index contributed by atoms with van der Waals surface area (Å²) in [6, 6.07) is 5.32. The molecule has 6 heteroatoms. The fourth-order valence-corrected chi connectivity index (χ4v) is 2.88. The number of nitrogens with zero attached hydrogens (tertiary/aromatic N) is 2. The van der Waals surface area contributed by atoms with E-state index in [9.17, 15) is 13.2 Å². The minimum Gasteiger partial charge on any atom is -0.310 e. The van der Waals surface area contributed by atoms with Gasteiger partial charge in [-0.25, -0.2) is 9.07 Å². The number of hydrogen-bond acceptors (Lipinski definition) is 2. The molecule has 0 amide bonds. The largest absolute Gasteiger partial charge is 0.333 e. The predicted molar refractivity (Wildman–Crippen MR) is 78.0 cm³/mol. The molecular formula is C16H18F3N3. The summed E-state index contributed by atoms with van der Waals surface area (Å²) in [5, 5.41) is 7.01. The molecule has 3 nitrogen and oxygen atoms in total. The van der Waals surface area contributed by atoms with Crippen LogP contribution in [0.1, 0.15) is 37.8 Å². The number of alkyl halides is 2. The van der Waals surface area contributed by atoms with E-state index in [0.717, 1.165) is 11.8 Å². The lowest BCUT2D eigenvalue weighted by atomic mass is 10.1. The summed E-state index contributed by atoms with van der Waals surface area (Å²) in [5.41, 5.74) is 1.60. The van der Waals surface area contributed by atoms with Crippen molar-refractivity contribution in [3.63, 3.8) is 0 Å². The molecule has 0 bridgehead atoms. The molecule has 0 spiro atoms. The van der Waals surface area contributed by atoms with Crippen LogP contribution in [0.2, 0.25) is 0 Å². The first kappa shape index (κ1) is 15.1. The second-order valence-electron chi connectivity index (χ2n) is 5.66. The van der Waals surface area contributed by atoms with Gasteiger partial charge in [-0.05, 0) is 30.5 Å². The van der Waals surface area contributed by atoms with Crippen LogP contribution in [0.5, 0.6) is 0 Å². The summed E-state index contributed by atoms with van der Waals surface area (Å²) < 4.78 is 39.6. The maximum atomic E-state index is 14.0. The van der Waals surface area contributed by atoms with Crippen LogP contribution in [0, 0.1) is 5.82 Å². The Hall–Kier alpha value is -1.82. The van der Waals surface area contributed by atoms with E-state index in [4.69, 9.17) is 0 Å². The van der Waals surface area contributed by atoms with Gasteiger partial charge in [-0.2, -0.15) is 13.9 Å². The smallest absolute Gasteiger partial charge is 0.310 e. The van der Waals surface area contributed by atoms with Gasteiger partial charge in [0.15, 0.2) is 0 Å². The van der Waals surface area contributed by atoms with Crippen molar-refractivity contribution < 1.29 is 13.2 Å². The SMILES string of the molecule is Fc1ccc(CNC2CCCC2)cc1-c1cnn(C(F)F)c1. The summed E-state index contributed by atoms with van der Waals surface area (Å²) in [5.74, 6) is -0.432. The van der Waals surface area contributed by atoms with E-state index < -0.39 is 12.4 Å². The average molecular weight is 309 g/mol. The van der Waals surface area contributed by atoms with Crippen molar-refractivity contribution in [3.8, 4) is 11.1 Å². The fraction of sp³-hybridized carbons (Fsp3) is 0.438. The van der Waals surface area contributed by atoms with Crippen molar-refractivity contribution in [1.29, 1.82) is 0 Å². The molecule has 1 saturated carbocycles. The summed E-state index contributed by atoms with van der Waals surface area (Å²) >= 11 is 0. The van der Waals surface area contributed by atoms with Crippen LogP contribution in [0.25, 0.3) is 11.1 Å². The third kappa shape index (κ3) is 3.32. The molecule has 1 aliphatic rings. The second kappa shape index (κ2) is 6.52. The van der Waals surface area contributed by atoms with Crippen LogP contribution in [-0.4, -0.2) is 15.8 Å². The molecule has 0 atom stereocenters. The highest BCUT2D eigenvalue weighted by atomic mass is 19.3. The van der Waals surface area contributed by atoms with Gasteiger partial charge in [-0.1, -0.05) is 18.9 Å². The number of benzene rings is 1. The Morgan fingerprint density at radius 3 is 2.73 bits per heavy atom. The molecule has 0 radical (unpaired) electrons. The van der Waals surface area contributed by atoms with Crippen LogP contribution in [0.15, 0.2) is 30.6 Å². The maximum absolute atomic E-state index is 14.0. The Kier molecular flexibility index (Phi) is 4.47. The van der Waals surface area contributed by atoms with E-state index in [0.29, 0.717) is 28.4 Å². The molecule has 1 aromatic carbocycles. The first-order chi connectivity index (χ1) is 10.6. The molecule has 3 rings (SSSR count). The van der Waals surface area contributed by atoms with E-state index in [1.54, 1.807) is 12.1 Å². The highest BCUT2D eigenvalue weighted by molar-refractivity contribution is 5.63. The van der Waals surface area contributed by atoms with Crippen molar-refractivity contribution >= 4 is 0 Å². The molecule has 0 saturated heterocycles. The Labute approximate surface area is 127 Å². The van der Waals surface area contributed by atoms with E-state index in [1.165, 1.54) is 37.9 Å². The Morgan fingerprint density at radius 1 is 1.27 bits per heavy atom. The zero-order chi connectivity index (χ0) is 15.5. The van der Waals surface area contributed by atoms with Crippen molar-refractivity contribution in [1.82, 2.24) is 15.1 Å². The lowest BCUT2D eigenvalue weighted by molar-refractivity contribution is 0.0566. The van der Waals surface area contributed by atoms with Gasteiger partial charge in [0, 0.05) is 29.9 Å². The third-order valence-electron chi connectivity index (χ3n) is 4.09. The predicted octanol–water partition coefficient (Wildman–Crippen LogP) is 4.12. The minimum absolute atomic E-state index is 0.303. The quantitative estimate of drug-likeness (QED) is 0.900. The van der Waals surface area contributed by atoms with Crippen LogP contribution >= 0.6 is 0 Å². The van der Waals surface area contributed by atoms with Crippen LogP contribution < -0.4 is 5.32 Å². The number of hydrogen-bond donors (Lipinski definition) is 1. The minimum atomic E-state index is -2.72. The Morgan fingerprint density at radius 2 is 2.05 bits per heavy atom. The van der Waals surface area contributed by atoms with Crippen molar-refractivity contribution in [2.24, 2.45) is 0 Å². The Balaban J connectivity index is 1.76. The zero-order valence-electron chi connectivity index (χ0n) is 12.1. The molecule has 1 N–H and O–H groups in total. The summed E-state index contributed by atoms with van der Waals surface area (Å²) in [6.07, 6.45) is 7.28. The van der Waals surface area contributed by atoms with Crippen molar-refractivity contribution in [3.05, 3.63) is 42.0 Å². The second-order valence-corrected chi connectivity index (χ2v) is 5.66. The topological polar surface area (TPSA) is 29.9 Å². The molecule has 0 aliphatic heterocycles. The van der Waals surface area contributed by atoms with Gasteiger partial charge in [0.25, 0.3) is 0 Å². The van der Waals surface area contributed by atoms with E-state index in [1.807, 2.05) is 0 Å². The zero-order valence-corrected chi connectivity index (χ0v) is 12.1. The third-order valence-corrected chi connectivity index (χ3v) is 4.09. The molecule has 2 aromatic rings. The standard InChI is InChI=1S/C16H18F3N3/c17-15-6-5-11(8-20-13-3-1-2-4-13)7-14(15)12-9-21-22(10-12)16(18)19/h5-7,9-10,13,16,20H,1-4,8H2. The molecule has 1 aromatic heterocycles. The molecule has 0 unspecified atom stereocenters. The van der Waals surface area contributed by atoms with Gasteiger partial charge >= 0.3 is 6.55 Å². The first-order valence-electron chi connectivity index (χ1n) is 7.48. The average Bonchev–Trinajstić information content (AvgIpc) is 3.18. The number of halogens is 3. The summed E-state index contributed by atoms with van der Waals surface area (Å²) in [6.45, 7) is -2.06. The normalized spacial score (nSPS) is 15.8. The van der Waals surface area contributed by atoms with Crippen molar-refractivity contribution in [2.75, 3.05) is 0 Å². The van der Waals surface area contributed by atoms with E-state index in [2.05, 4.69) is 10.4 Å². The van der Waals surface area contributed by atoms with Gasteiger partial charge in [0.2, 0.25) is 0 Å². The maximum Gasteiger partial charge on any atom is 0.333 e. The molecule has 22 heavy (non-hydrogen) atoms. The number of aromatic nitrogens is 2. The monoisotopic (exact) mass is 309 g/mol. The van der Waals surface area contributed by atoms with Gasteiger partial charge in [0.1, 0.15) is 5.82 Å². The van der Waals surface area contributed by atoms with Crippen LogP contribution in [0.3, 0.4) is 0 Å². The van der Waals surface area contributed by atoms with Gasteiger partial charge in [0.05, 0.1) is 6.20 Å². The van der Waals surface area contributed by atoms with Gasteiger partial charge in [-0.15, -0.1) is 0 Å². The summed E-state index contributed by atoms with van der Waals surface area (Å²) in [7, 11) is 0. The molecule has 1 aliphatic carbocycles. The van der Waals surface area contributed by atoms with Gasteiger partial charge in [-0.3, -0.25) is 0 Å². The van der Waals surface area contributed by atoms with E-state index in [-0.39, 0.29) is 0 Å². The van der Waals surface area contributed by atoms with Crippen molar-refractivity contribution in [2.45, 2.75) is 44.8 Å².